The lowest BCUT2D eigenvalue weighted by Gasteiger charge is -2.04. The summed E-state index contributed by atoms with van der Waals surface area (Å²) in [5.74, 6) is 0. The third kappa shape index (κ3) is 21.4. The number of rotatable bonds is 26. The third-order valence-electron chi connectivity index (χ3n) is 7.90. The molecule has 2 aromatic rings. The van der Waals surface area contributed by atoms with Crippen molar-refractivity contribution in [3.05, 3.63) is 60.2 Å². The van der Waals surface area contributed by atoms with Crippen LogP contribution in [0.2, 0.25) is 0 Å². The zero-order valence-electron chi connectivity index (χ0n) is 25.0. The number of aromatic nitrogens is 2. The molecule has 0 spiro atoms. The van der Waals surface area contributed by atoms with E-state index in [4.69, 9.17) is 5.11 Å². The first kappa shape index (κ1) is 36.0. The predicted molar refractivity (Wildman–Crippen MR) is 162 cm³/mol. The molecule has 2 aromatic heterocycles. The molecule has 0 radical (unpaired) electrons. The largest absolute Gasteiger partial charge is 1.00 e. The first-order chi connectivity index (χ1) is 18.9. The van der Waals surface area contributed by atoms with Crippen molar-refractivity contribution in [2.45, 2.75) is 154 Å². The Morgan fingerprint density at radius 2 is 1.00 bits per heavy atom. The molecule has 2 heterocycles. The van der Waals surface area contributed by atoms with Crippen LogP contribution in [0.4, 0.5) is 0 Å². The molecule has 0 aromatic carbocycles. The Bertz CT molecular complexity index is 770. The lowest BCUT2D eigenvalue weighted by molar-refractivity contribution is -0.697. The summed E-state index contributed by atoms with van der Waals surface area (Å²) in [7, 11) is 0. The SMILES string of the molecule is OCCCCCCCCCCCCc1ccc[n+](CCCCCCCCCCCCCc2cccnc2)c1.[I-]. The summed E-state index contributed by atoms with van der Waals surface area (Å²) in [6.45, 7) is 1.53. The average molecular weight is 651 g/mol. The molecule has 0 unspecified atom stereocenters. The summed E-state index contributed by atoms with van der Waals surface area (Å²) in [5.41, 5.74) is 2.89. The minimum absolute atomic E-state index is 0. The fourth-order valence-electron chi connectivity index (χ4n) is 5.48. The lowest BCUT2D eigenvalue weighted by Crippen LogP contribution is -3.00. The maximum absolute atomic E-state index is 8.82. The van der Waals surface area contributed by atoms with E-state index in [1.54, 1.807) is 0 Å². The van der Waals surface area contributed by atoms with E-state index >= 15 is 0 Å². The Labute approximate surface area is 258 Å². The van der Waals surface area contributed by atoms with Gasteiger partial charge in [0.25, 0.3) is 0 Å². The number of aryl methyl sites for hydroxylation is 3. The van der Waals surface area contributed by atoms with E-state index in [1.807, 2.05) is 18.5 Å². The number of halogens is 1. The van der Waals surface area contributed by atoms with E-state index in [0.717, 1.165) is 6.42 Å². The van der Waals surface area contributed by atoms with Gasteiger partial charge in [0, 0.05) is 37.1 Å². The summed E-state index contributed by atoms with van der Waals surface area (Å²) >= 11 is 0. The topological polar surface area (TPSA) is 37.0 Å². The fourth-order valence-corrected chi connectivity index (χ4v) is 5.48. The molecule has 39 heavy (non-hydrogen) atoms. The lowest BCUT2D eigenvalue weighted by atomic mass is 10.0. The first-order valence-corrected chi connectivity index (χ1v) is 16.4. The molecule has 0 saturated carbocycles. The molecule has 0 atom stereocenters. The highest BCUT2D eigenvalue weighted by Crippen LogP contribution is 2.14. The number of nitrogens with zero attached hydrogens (tertiary/aromatic N) is 2. The molecular weight excluding hydrogens is 591 g/mol. The number of hydrogen-bond acceptors (Lipinski definition) is 2. The smallest absolute Gasteiger partial charge is 0.171 e. The van der Waals surface area contributed by atoms with Gasteiger partial charge in [0.05, 0.1) is 0 Å². The second-order valence-corrected chi connectivity index (χ2v) is 11.5. The monoisotopic (exact) mass is 650 g/mol. The predicted octanol–water partition coefficient (Wildman–Crippen LogP) is 6.34. The van der Waals surface area contributed by atoms with Crippen LogP contribution in [0.5, 0.6) is 0 Å². The number of unbranched alkanes of at least 4 members (excludes halogenated alkanes) is 19. The molecule has 0 aliphatic carbocycles. The van der Waals surface area contributed by atoms with Crippen molar-refractivity contribution in [2.24, 2.45) is 0 Å². The first-order valence-electron chi connectivity index (χ1n) is 16.4. The maximum Gasteiger partial charge on any atom is 0.171 e. The van der Waals surface area contributed by atoms with E-state index in [2.05, 4.69) is 40.1 Å². The van der Waals surface area contributed by atoms with Crippen LogP contribution >= 0.6 is 0 Å². The molecule has 222 valence electrons. The Morgan fingerprint density at radius 3 is 1.51 bits per heavy atom. The molecule has 3 nitrogen and oxygen atoms in total. The summed E-state index contributed by atoms with van der Waals surface area (Å²) in [6, 6.07) is 8.79. The van der Waals surface area contributed by atoms with Crippen molar-refractivity contribution in [1.29, 1.82) is 0 Å². The Balaban J connectivity index is 0.00000760. The van der Waals surface area contributed by atoms with Crippen LogP contribution in [0.25, 0.3) is 0 Å². The normalized spacial score (nSPS) is 11.0. The van der Waals surface area contributed by atoms with Crippen molar-refractivity contribution in [2.75, 3.05) is 6.61 Å². The van der Waals surface area contributed by atoms with Crippen molar-refractivity contribution in [3.8, 4) is 0 Å². The Morgan fingerprint density at radius 1 is 0.538 bits per heavy atom. The van der Waals surface area contributed by atoms with Crippen molar-refractivity contribution in [3.63, 3.8) is 0 Å². The van der Waals surface area contributed by atoms with Gasteiger partial charge in [-0.15, -0.1) is 0 Å². The minimum Gasteiger partial charge on any atom is -1.00 e. The van der Waals surface area contributed by atoms with Gasteiger partial charge >= 0.3 is 0 Å². The molecule has 0 bridgehead atoms. The van der Waals surface area contributed by atoms with E-state index in [-0.39, 0.29) is 24.0 Å². The van der Waals surface area contributed by atoms with Crippen molar-refractivity contribution < 1.29 is 33.7 Å². The fraction of sp³-hybridized carbons (Fsp3) is 0.714. The Hall–Kier alpha value is -1.01. The summed E-state index contributed by atoms with van der Waals surface area (Å²) in [4.78, 5) is 4.20. The Kier molecular flexibility index (Phi) is 25.1. The highest BCUT2D eigenvalue weighted by molar-refractivity contribution is 5.08. The van der Waals surface area contributed by atoms with Gasteiger partial charge in [0.1, 0.15) is 6.54 Å². The second kappa shape index (κ2) is 27.2. The molecule has 0 amide bonds. The second-order valence-electron chi connectivity index (χ2n) is 11.5. The molecule has 0 aliphatic heterocycles. The van der Waals surface area contributed by atoms with Gasteiger partial charge in [0.15, 0.2) is 12.4 Å². The zero-order valence-corrected chi connectivity index (χ0v) is 27.2. The standard InChI is InChI=1S/C35H59N2O.HI/c38-31-21-17-13-9-5-3-7-11-15-19-25-35-27-23-30-37(33-35)29-20-16-12-8-4-1-2-6-10-14-18-24-34-26-22-28-36-32-34;/h22-23,26-28,30,32-33,38H,1-21,24-25,29,31H2;1H/q+1;/p-1. The van der Waals surface area contributed by atoms with Gasteiger partial charge in [-0.25, -0.2) is 4.57 Å². The third-order valence-corrected chi connectivity index (χ3v) is 7.90. The zero-order chi connectivity index (χ0) is 26.8. The highest BCUT2D eigenvalue weighted by atomic mass is 127. The van der Waals surface area contributed by atoms with Gasteiger partial charge in [-0.05, 0) is 56.2 Å². The summed E-state index contributed by atoms with van der Waals surface area (Å²) < 4.78 is 2.42. The van der Waals surface area contributed by atoms with Crippen molar-refractivity contribution >= 4 is 0 Å². The molecule has 0 saturated heterocycles. The van der Waals surface area contributed by atoms with Crippen LogP contribution in [0, 0.1) is 0 Å². The maximum atomic E-state index is 8.82. The molecule has 4 heteroatoms. The molecule has 1 N–H and O–H groups in total. The van der Waals surface area contributed by atoms with Gasteiger partial charge in [-0.1, -0.05) is 109 Å². The van der Waals surface area contributed by atoms with E-state index < -0.39 is 0 Å². The van der Waals surface area contributed by atoms with Gasteiger partial charge in [-0.2, -0.15) is 0 Å². The van der Waals surface area contributed by atoms with E-state index in [9.17, 15) is 0 Å². The van der Waals surface area contributed by atoms with E-state index in [1.165, 1.54) is 159 Å². The van der Waals surface area contributed by atoms with Gasteiger partial charge in [0.2, 0.25) is 0 Å². The highest BCUT2D eigenvalue weighted by Gasteiger charge is 2.03. The van der Waals surface area contributed by atoms with Crippen LogP contribution < -0.4 is 28.5 Å². The molecular formula is C35H59IN2O. The summed E-state index contributed by atoms with van der Waals surface area (Å²) in [5, 5.41) is 8.82. The van der Waals surface area contributed by atoms with Crippen LogP contribution in [0.3, 0.4) is 0 Å². The quantitative estimate of drug-likeness (QED) is 0.0733. The van der Waals surface area contributed by atoms with Gasteiger partial charge < -0.3 is 29.1 Å². The van der Waals surface area contributed by atoms with Crippen LogP contribution in [-0.2, 0) is 19.4 Å². The van der Waals surface area contributed by atoms with Crippen LogP contribution in [0.1, 0.15) is 146 Å². The molecule has 0 aliphatic rings. The minimum atomic E-state index is 0. The molecule has 0 fully saturated rings. The number of aliphatic hydroxyl groups is 1. The molecule has 2 rings (SSSR count). The number of hydrogen-bond donors (Lipinski definition) is 1. The van der Waals surface area contributed by atoms with Crippen molar-refractivity contribution in [1.82, 2.24) is 4.98 Å². The average Bonchev–Trinajstić information content (AvgIpc) is 2.95. The van der Waals surface area contributed by atoms with Crippen LogP contribution in [-0.4, -0.2) is 16.7 Å². The van der Waals surface area contributed by atoms with Crippen LogP contribution in [0.15, 0.2) is 49.1 Å². The van der Waals surface area contributed by atoms with Gasteiger partial charge in [-0.3, -0.25) is 4.98 Å². The summed E-state index contributed by atoms with van der Waals surface area (Å²) in [6.07, 6.45) is 39.2. The van der Waals surface area contributed by atoms with E-state index in [0.29, 0.717) is 6.61 Å². The number of aliphatic hydroxyl groups excluding tert-OH is 1. The number of pyridine rings is 2.